The van der Waals surface area contributed by atoms with Crippen molar-refractivity contribution in [3.63, 3.8) is 0 Å². The molecular weight excluding hydrogens is 202 g/mol. The second-order valence-electron chi connectivity index (χ2n) is 5.10. The average Bonchev–Trinajstić information content (AvgIpc) is 2.31. The third-order valence-electron chi connectivity index (χ3n) is 3.71. The molecule has 0 atom stereocenters. The molecule has 2 heterocycles. The number of amides is 1. The Hall–Kier alpha value is -0.610. The third kappa shape index (κ3) is 3.19. The summed E-state index contributed by atoms with van der Waals surface area (Å²) in [7, 11) is 2.12. The second-order valence-corrected chi connectivity index (χ2v) is 5.10. The number of hydrogen-bond acceptors (Lipinski definition) is 3. The van der Waals surface area contributed by atoms with Crippen molar-refractivity contribution in [1.29, 1.82) is 0 Å². The monoisotopic (exact) mass is 225 g/mol. The lowest BCUT2D eigenvalue weighted by Gasteiger charge is -2.32. The van der Waals surface area contributed by atoms with Crippen LogP contribution in [0.15, 0.2) is 0 Å². The van der Waals surface area contributed by atoms with Crippen molar-refractivity contribution < 1.29 is 4.79 Å². The smallest absolute Gasteiger partial charge is 0.237 e. The van der Waals surface area contributed by atoms with Crippen molar-refractivity contribution in [3.05, 3.63) is 0 Å². The lowest BCUT2D eigenvalue weighted by molar-refractivity contribution is -0.131. The molecule has 2 aliphatic heterocycles. The van der Waals surface area contributed by atoms with Gasteiger partial charge in [0.15, 0.2) is 0 Å². The quantitative estimate of drug-likeness (QED) is 0.756. The topological polar surface area (TPSA) is 35.6 Å². The molecule has 0 unspecified atom stereocenters. The van der Waals surface area contributed by atoms with Gasteiger partial charge in [0.2, 0.25) is 5.91 Å². The standard InChI is InChI=1S/C12H23N3O/c1-14-9-5-11(6-10-14)12(16)13-15-7-3-2-4-8-15/h11H,2-10H2,1H3,(H,13,16). The average molecular weight is 225 g/mol. The summed E-state index contributed by atoms with van der Waals surface area (Å²) in [5.41, 5.74) is 3.08. The van der Waals surface area contributed by atoms with Gasteiger partial charge in [0, 0.05) is 19.0 Å². The van der Waals surface area contributed by atoms with Crippen LogP contribution in [0.1, 0.15) is 32.1 Å². The van der Waals surface area contributed by atoms with E-state index in [4.69, 9.17) is 0 Å². The number of hydrogen-bond donors (Lipinski definition) is 1. The molecular formula is C12H23N3O. The summed E-state index contributed by atoms with van der Waals surface area (Å²) in [6.45, 7) is 4.16. The van der Waals surface area contributed by atoms with E-state index in [0.717, 1.165) is 39.0 Å². The molecule has 0 radical (unpaired) electrons. The molecule has 2 saturated heterocycles. The number of nitrogens with zero attached hydrogens (tertiary/aromatic N) is 2. The van der Waals surface area contributed by atoms with Gasteiger partial charge in [0.25, 0.3) is 0 Å². The molecule has 0 aromatic carbocycles. The van der Waals surface area contributed by atoms with E-state index in [-0.39, 0.29) is 11.8 Å². The number of carbonyl (C=O) groups is 1. The van der Waals surface area contributed by atoms with E-state index in [2.05, 4.69) is 22.4 Å². The molecule has 0 aromatic heterocycles. The van der Waals surface area contributed by atoms with E-state index >= 15 is 0 Å². The van der Waals surface area contributed by atoms with Crippen molar-refractivity contribution in [2.75, 3.05) is 33.2 Å². The summed E-state index contributed by atoms with van der Waals surface area (Å²) in [4.78, 5) is 14.3. The van der Waals surface area contributed by atoms with E-state index in [9.17, 15) is 4.79 Å². The zero-order valence-electron chi connectivity index (χ0n) is 10.2. The first kappa shape index (κ1) is 11.9. The van der Waals surface area contributed by atoms with Gasteiger partial charge in [-0.1, -0.05) is 6.42 Å². The van der Waals surface area contributed by atoms with Crippen molar-refractivity contribution in [2.24, 2.45) is 5.92 Å². The Bertz CT molecular complexity index is 230. The van der Waals surface area contributed by atoms with Crippen LogP contribution >= 0.6 is 0 Å². The van der Waals surface area contributed by atoms with Crippen LogP contribution in [0.3, 0.4) is 0 Å². The molecule has 92 valence electrons. The van der Waals surface area contributed by atoms with E-state index in [1.807, 2.05) is 0 Å². The fraction of sp³-hybridized carbons (Fsp3) is 0.917. The molecule has 0 bridgehead atoms. The Balaban J connectivity index is 1.74. The molecule has 2 rings (SSSR count). The largest absolute Gasteiger partial charge is 0.306 e. The maximum Gasteiger partial charge on any atom is 0.237 e. The van der Waals surface area contributed by atoms with Crippen LogP contribution in [0.25, 0.3) is 0 Å². The van der Waals surface area contributed by atoms with Crippen molar-refractivity contribution in [3.8, 4) is 0 Å². The number of hydrazine groups is 1. The van der Waals surface area contributed by atoms with Gasteiger partial charge >= 0.3 is 0 Å². The Morgan fingerprint density at radius 2 is 1.69 bits per heavy atom. The first-order chi connectivity index (χ1) is 7.75. The zero-order valence-corrected chi connectivity index (χ0v) is 10.2. The molecule has 4 heteroatoms. The van der Waals surface area contributed by atoms with Crippen molar-refractivity contribution in [1.82, 2.24) is 15.3 Å². The first-order valence-corrected chi connectivity index (χ1v) is 6.50. The van der Waals surface area contributed by atoms with Crippen LogP contribution < -0.4 is 5.43 Å². The highest BCUT2D eigenvalue weighted by Crippen LogP contribution is 2.16. The maximum absolute atomic E-state index is 12.0. The van der Waals surface area contributed by atoms with Gasteiger partial charge in [0.05, 0.1) is 0 Å². The molecule has 0 spiro atoms. The summed E-state index contributed by atoms with van der Waals surface area (Å²) in [5, 5.41) is 2.10. The van der Waals surface area contributed by atoms with Crippen LogP contribution in [0, 0.1) is 5.92 Å². The fourth-order valence-electron chi connectivity index (χ4n) is 2.52. The Morgan fingerprint density at radius 1 is 1.06 bits per heavy atom. The van der Waals surface area contributed by atoms with Crippen LogP contribution in [-0.2, 0) is 4.79 Å². The Labute approximate surface area is 97.9 Å². The van der Waals surface area contributed by atoms with Crippen molar-refractivity contribution >= 4 is 5.91 Å². The predicted octanol–water partition coefficient (Wildman–Crippen LogP) is 0.845. The van der Waals surface area contributed by atoms with Crippen LogP contribution in [0.2, 0.25) is 0 Å². The summed E-state index contributed by atoms with van der Waals surface area (Å²) in [5.74, 6) is 0.480. The van der Waals surface area contributed by atoms with E-state index in [1.54, 1.807) is 0 Å². The number of rotatable bonds is 2. The Morgan fingerprint density at radius 3 is 2.31 bits per heavy atom. The van der Waals surface area contributed by atoms with E-state index in [1.165, 1.54) is 19.3 Å². The van der Waals surface area contributed by atoms with Gasteiger partial charge in [-0.05, 0) is 45.8 Å². The molecule has 0 aliphatic carbocycles. The van der Waals surface area contributed by atoms with E-state index < -0.39 is 0 Å². The van der Waals surface area contributed by atoms with Crippen molar-refractivity contribution in [2.45, 2.75) is 32.1 Å². The van der Waals surface area contributed by atoms with Gasteiger partial charge < -0.3 is 4.90 Å². The molecule has 4 nitrogen and oxygen atoms in total. The molecule has 2 aliphatic rings. The number of carbonyl (C=O) groups excluding carboxylic acids is 1. The molecule has 16 heavy (non-hydrogen) atoms. The predicted molar refractivity (Wildman–Crippen MR) is 63.8 cm³/mol. The third-order valence-corrected chi connectivity index (χ3v) is 3.71. The van der Waals surface area contributed by atoms with Gasteiger partial charge in [-0.25, -0.2) is 5.01 Å². The minimum absolute atomic E-state index is 0.234. The van der Waals surface area contributed by atoms with Gasteiger partial charge in [-0.15, -0.1) is 0 Å². The summed E-state index contributed by atoms with van der Waals surface area (Å²) in [6.07, 6.45) is 5.76. The van der Waals surface area contributed by atoms with Gasteiger partial charge in [0.1, 0.15) is 0 Å². The molecule has 0 aromatic rings. The highest BCUT2D eigenvalue weighted by molar-refractivity contribution is 5.78. The highest BCUT2D eigenvalue weighted by atomic mass is 16.2. The fourth-order valence-corrected chi connectivity index (χ4v) is 2.52. The summed E-state index contributed by atoms with van der Waals surface area (Å²) < 4.78 is 0. The van der Waals surface area contributed by atoms with E-state index in [0.29, 0.717) is 0 Å². The Kier molecular flexibility index (Phi) is 4.18. The minimum atomic E-state index is 0.234. The summed E-state index contributed by atoms with van der Waals surface area (Å²) >= 11 is 0. The number of likely N-dealkylation sites (tertiary alicyclic amines) is 1. The zero-order chi connectivity index (χ0) is 11.4. The maximum atomic E-state index is 12.0. The molecule has 2 fully saturated rings. The van der Waals surface area contributed by atoms with Crippen LogP contribution in [0.4, 0.5) is 0 Å². The van der Waals surface area contributed by atoms with Crippen LogP contribution in [-0.4, -0.2) is 49.0 Å². The molecule has 0 saturated carbocycles. The van der Waals surface area contributed by atoms with Crippen LogP contribution in [0.5, 0.6) is 0 Å². The SMILES string of the molecule is CN1CCC(C(=O)NN2CCCCC2)CC1. The summed E-state index contributed by atoms with van der Waals surface area (Å²) in [6, 6.07) is 0. The molecule has 1 N–H and O–H groups in total. The number of nitrogens with one attached hydrogen (secondary N) is 1. The van der Waals surface area contributed by atoms with Gasteiger partial charge in [-0.3, -0.25) is 10.2 Å². The lowest BCUT2D eigenvalue weighted by atomic mass is 9.96. The normalized spacial score (nSPS) is 25.6. The number of piperidine rings is 2. The highest BCUT2D eigenvalue weighted by Gasteiger charge is 2.24. The van der Waals surface area contributed by atoms with Gasteiger partial charge in [-0.2, -0.15) is 0 Å². The second kappa shape index (κ2) is 5.64. The minimum Gasteiger partial charge on any atom is -0.306 e. The first-order valence-electron chi connectivity index (χ1n) is 6.50. The molecule has 1 amide bonds. The lowest BCUT2D eigenvalue weighted by Crippen LogP contribution is -2.49.